The summed E-state index contributed by atoms with van der Waals surface area (Å²) in [6.07, 6.45) is 2.61. The average Bonchev–Trinajstić information content (AvgIpc) is 3.15. The fourth-order valence-corrected chi connectivity index (χ4v) is 2.75. The van der Waals surface area contributed by atoms with Crippen LogP contribution in [-0.2, 0) is 17.2 Å². The second-order valence-electron chi connectivity index (χ2n) is 5.01. The van der Waals surface area contributed by atoms with Crippen molar-refractivity contribution in [3.05, 3.63) is 29.0 Å². The molecule has 4 nitrogen and oxygen atoms in total. The summed E-state index contributed by atoms with van der Waals surface area (Å²) in [5, 5.41) is 3.61. The lowest BCUT2D eigenvalue weighted by atomic mass is 10.3. The highest BCUT2D eigenvalue weighted by atomic mass is 35.5. The summed E-state index contributed by atoms with van der Waals surface area (Å²) < 4.78 is 1.94. The number of nitrogens with zero attached hydrogens (tertiary/aromatic N) is 2. The SMILES string of the molecule is O=C(CCn1c(CCl)nc2cccc(Cl)c21)NC1CC1. The van der Waals surface area contributed by atoms with Gasteiger partial charge in [0.05, 0.1) is 21.9 Å². The molecule has 0 bridgehead atoms. The number of halogens is 2. The molecule has 3 rings (SSSR count). The van der Waals surface area contributed by atoms with Gasteiger partial charge in [0, 0.05) is 19.0 Å². The summed E-state index contributed by atoms with van der Waals surface area (Å²) in [4.78, 5) is 16.3. The summed E-state index contributed by atoms with van der Waals surface area (Å²) in [5.41, 5.74) is 1.67. The minimum atomic E-state index is 0.0712. The van der Waals surface area contributed by atoms with Gasteiger partial charge >= 0.3 is 0 Å². The molecule has 1 aliphatic carbocycles. The van der Waals surface area contributed by atoms with Crippen molar-refractivity contribution in [1.82, 2.24) is 14.9 Å². The Hall–Kier alpha value is -1.26. The molecular formula is C14H15Cl2N3O. The number of nitrogens with one attached hydrogen (secondary N) is 1. The number of benzene rings is 1. The summed E-state index contributed by atoms with van der Waals surface area (Å²) in [5.74, 6) is 1.12. The van der Waals surface area contributed by atoms with Crippen molar-refractivity contribution in [2.45, 2.75) is 37.7 Å². The van der Waals surface area contributed by atoms with Crippen molar-refractivity contribution < 1.29 is 4.79 Å². The molecule has 106 valence electrons. The molecular weight excluding hydrogens is 297 g/mol. The monoisotopic (exact) mass is 311 g/mol. The van der Waals surface area contributed by atoms with E-state index in [0.29, 0.717) is 29.9 Å². The Bertz CT molecular complexity index is 649. The van der Waals surface area contributed by atoms with Gasteiger partial charge in [-0.25, -0.2) is 4.98 Å². The van der Waals surface area contributed by atoms with E-state index >= 15 is 0 Å². The van der Waals surface area contributed by atoms with Crippen LogP contribution >= 0.6 is 23.2 Å². The van der Waals surface area contributed by atoms with Gasteiger partial charge < -0.3 is 9.88 Å². The van der Waals surface area contributed by atoms with E-state index in [9.17, 15) is 4.79 Å². The molecule has 0 unspecified atom stereocenters. The predicted molar refractivity (Wildman–Crippen MR) is 80.1 cm³/mol. The van der Waals surface area contributed by atoms with Crippen molar-refractivity contribution in [3.8, 4) is 0 Å². The lowest BCUT2D eigenvalue weighted by Gasteiger charge is -2.09. The number of amides is 1. The van der Waals surface area contributed by atoms with E-state index in [4.69, 9.17) is 23.2 Å². The Morgan fingerprint density at radius 3 is 2.95 bits per heavy atom. The van der Waals surface area contributed by atoms with Gasteiger partial charge in [-0.05, 0) is 25.0 Å². The van der Waals surface area contributed by atoms with Gasteiger partial charge in [0.25, 0.3) is 0 Å². The van der Waals surface area contributed by atoms with Gasteiger partial charge in [-0.3, -0.25) is 4.79 Å². The Labute approximate surface area is 127 Å². The van der Waals surface area contributed by atoms with Crippen LogP contribution in [0.3, 0.4) is 0 Å². The van der Waals surface area contributed by atoms with E-state index in [0.717, 1.165) is 29.7 Å². The molecule has 0 aliphatic heterocycles. The molecule has 1 amide bonds. The van der Waals surface area contributed by atoms with Crippen molar-refractivity contribution >= 4 is 40.1 Å². The lowest BCUT2D eigenvalue weighted by molar-refractivity contribution is -0.121. The molecule has 2 aromatic rings. The quantitative estimate of drug-likeness (QED) is 0.862. The molecule has 1 aliphatic rings. The van der Waals surface area contributed by atoms with Crippen LogP contribution in [0.25, 0.3) is 11.0 Å². The molecule has 0 spiro atoms. The third kappa shape index (κ3) is 2.76. The lowest BCUT2D eigenvalue weighted by Crippen LogP contribution is -2.26. The van der Waals surface area contributed by atoms with Crippen LogP contribution in [0, 0.1) is 0 Å². The van der Waals surface area contributed by atoms with Crippen molar-refractivity contribution in [2.75, 3.05) is 0 Å². The summed E-state index contributed by atoms with van der Waals surface area (Å²) in [7, 11) is 0. The molecule has 1 fully saturated rings. The maximum absolute atomic E-state index is 11.8. The highest BCUT2D eigenvalue weighted by Crippen LogP contribution is 2.25. The Morgan fingerprint density at radius 1 is 1.45 bits per heavy atom. The number of fused-ring (bicyclic) bond motifs is 1. The number of carbonyl (C=O) groups is 1. The van der Waals surface area contributed by atoms with E-state index < -0.39 is 0 Å². The van der Waals surface area contributed by atoms with Gasteiger partial charge in [0.1, 0.15) is 5.82 Å². The average molecular weight is 312 g/mol. The normalized spacial score (nSPS) is 14.7. The van der Waals surface area contributed by atoms with E-state index in [2.05, 4.69) is 10.3 Å². The van der Waals surface area contributed by atoms with E-state index in [1.807, 2.05) is 22.8 Å². The van der Waals surface area contributed by atoms with E-state index in [1.165, 1.54) is 0 Å². The van der Waals surface area contributed by atoms with Crippen molar-refractivity contribution in [1.29, 1.82) is 0 Å². The molecule has 0 saturated heterocycles. The van der Waals surface area contributed by atoms with Crippen LogP contribution in [0.15, 0.2) is 18.2 Å². The third-order valence-corrected chi connectivity index (χ3v) is 3.96. The Balaban J connectivity index is 1.83. The minimum Gasteiger partial charge on any atom is -0.353 e. The summed E-state index contributed by atoms with van der Waals surface area (Å²) >= 11 is 12.2. The van der Waals surface area contributed by atoms with Gasteiger partial charge in [0.15, 0.2) is 0 Å². The van der Waals surface area contributed by atoms with Gasteiger partial charge in [-0.15, -0.1) is 11.6 Å². The zero-order chi connectivity index (χ0) is 14.1. The van der Waals surface area contributed by atoms with E-state index in [1.54, 1.807) is 0 Å². The number of imidazole rings is 1. The molecule has 1 N–H and O–H groups in total. The first-order chi connectivity index (χ1) is 9.69. The van der Waals surface area contributed by atoms with Crippen LogP contribution in [0.5, 0.6) is 0 Å². The van der Waals surface area contributed by atoms with Crippen LogP contribution in [0.2, 0.25) is 5.02 Å². The molecule has 1 saturated carbocycles. The first kappa shape index (κ1) is 13.7. The Kier molecular flexibility index (Phi) is 3.85. The van der Waals surface area contributed by atoms with Crippen LogP contribution < -0.4 is 5.32 Å². The minimum absolute atomic E-state index is 0.0712. The highest BCUT2D eigenvalue weighted by molar-refractivity contribution is 6.35. The highest BCUT2D eigenvalue weighted by Gasteiger charge is 2.23. The van der Waals surface area contributed by atoms with Gasteiger partial charge in [-0.1, -0.05) is 17.7 Å². The van der Waals surface area contributed by atoms with E-state index in [-0.39, 0.29) is 5.91 Å². The number of hydrogen-bond donors (Lipinski definition) is 1. The molecule has 1 aromatic carbocycles. The standard InChI is InChI=1S/C14H15Cl2N3O/c15-8-12-18-11-3-1-2-10(16)14(11)19(12)7-6-13(20)17-9-4-5-9/h1-3,9H,4-8H2,(H,17,20). The van der Waals surface area contributed by atoms with Crippen LogP contribution in [-0.4, -0.2) is 21.5 Å². The topological polar surface area (TPSA) is 46.9 Å². The number of aryl methyl sites for hydroxylation is 1. The zero-order valence-corrected chi connectivity index (χ0v) is 12.4. The number of alkyl halides is 1. The predicted octanol–water partition coefficient (Wildman–Crippen LogP) is 3.10. The number of rotatable bonds is 5. The molecule has 20 heavy (non-hydrogen) atoms. The second kappa shape index (κ2) is 5.62. The number of aromatic nitrogens is 2. The molecule has 1 aromatic heterocycles. The maximum Gasteiger partial charge on any atom is 0.222 e. The summed E-state index contributed by atoms with van der Waals surface area (Å²) in [6, 6.07) is 5.97. The molecule has 0 radical (unpaired) electrons. The Morgan fingerprint density at radius 2 is 2.25 bits per heavy atom. The van der Waals surface area contributed by atoms with Crippen LogP contribution in [0.4, 0.5) is 0 Å². The van der Waals surface area contributed by atoms with Gasteiger partial charge in [-0.2, -0.15) is 0 Å². The fourth-order valence-electron chi connectivity index (χ4n) is 2.27. The molecule has 0 atom stereocenters. The molecule has 1 heterocycles. The smallest absolute Gasteiger partial charge is 0.222 e. The number of hydrogen-bond acceptors (Lipinski definition) is 2. The first-order valence-corrected chi connectivity index (χ1v) is 7.59. The second-order valence-corrected chi connectivity index (χ2v) is 5.69. The largest absolute Gasteiger partial charge is 0.353 e. The van der Waals surface area contributed by atoms with Crippen molar-refractivity contribution in [3.63, 3.8) is 0 Å². The van der Waals surface area contributed by atoms with Crippen molar-refractivity contribution in [2.24, 2.45) is 0 Å². The number of para-hydroxylation sites is 1. The maximum atomic E-state index is 11.8. The first-order valence-electron chi connectivity index (χ1n) is 6.68. The fraction of sp³-hybridized carbons (Fsp3) is 0.429. The summed E-state index contributed by atoms with van der Waals surface area (Å²) in [6.45, 7) is 0.543. The molecule has 6 heteroatoms. The van der Waals surface area contributed by atoms with Crippen LogP contribution in [0.1, 0.15) is 25.1 Å². The van der Waals surface area contributed by atoms with Gasteiger partial charge in [0.2, 0.25) is 5.91 Å². The number of carbonyl (C=O) groups excluding carboxylic acids is 1. The zero-order valence-electron chi connectivity index (χ0n) is 10.9. The third-order valence-electron chi connectivity index (χ3n) is 3.42.